The van der Waals surface area contributed by atoms with Gasteiger partial charge in [0.2, 0.25) is 0 Å². The first-order valence-electron chi connectivity index (χ1n) is 19.4. The molecule has 1 heterocycles. The number of thioether (sulfide) groups is 1. The first kappa shape index (κ1) is 40.0. The van der Waals surface area contributed by atoms with Gasteiger partial charge in [-0.15, -0.1) is 11.8 Å². The van der Waals surface area contributed by atoms with Crippen molar-refractivity contribution in [3.05, 3.63) is 108 Å². The summed E-state index contributed by atoms with van der Waals surface area (Å²) < 4.78 is 32.6. The Balaban J connectivity index is 1.38. The number of hydrogen-bond acceptors (Lipinski definition) is 7. The Morgan fingerprint density at radius 1 is 0.887 bits per heavy atom. The van der Waals surface area contributed by atoms with Gasteiger partial charge in [-0.05, 0) is 78.2 Å². The minimum absolute atomic E-state index is 0.0156. The number of Topliss-reactive ketones (excluding diaryl/α,β-unsaturated/α-hetero) is 1. The highest BCUT2D eigenvalue weighted by Gasteiger charge is 2.59. The predicted molar refractivity (Wildman–Crippen MR) is 217 cm³/mol. The molecule has 0 radical (unpaired) electrons. The second-order valence-electron chi connectivity index (χ2n) is 17.2. The fourth-order valence-corrected chi connectivity index (χ4v) is 10.5. The van der Waals surface area contributed by atoms with Gasteiger partial charge < -0.3 is 23.4 Å². The maximum absolute atomic E-state index is 15.1. The highest BCUT2D eigenvalue weighted by atomic mass is 32.2. The van der Waals surface area contributed by atoms with E-state index in [1.54, 1.807) is 7.11 Å². The first-order valence-corrected chi connectivity index (χ1v) is 23.2. The Morgan fingerprint density at radius 3 is 2.17 bits per heavy atom. The Labute approximate surface area is 323 Å². The summed E-state index contributed by atoms with van der Waals surface area (Å²) in [7, 11) is -0.308. The summed E-state index contributed by atoms with van der Waals surface area (Å²) in [6.07, 6.45) is 4.69. The van der Waals surface area contributed by atoms with E-state index < -0.39 is 20.0 Å². The first-order chi connectivity index (χ1) is 25.2. The van der Waals surface area contributed by atoms with Crippen molar-refractivity contribution in [3.8, 4) is 5.75 Å². The zero-order valence-corrected chi connectivity index (χ0v) is 34.9. The van der Waals surface area contributed by atoms with Crippen molar-refractivity contribution in [2.45, 2.75) is 120 Å². The van der Waals surface area contributed by atoms with Gasteiger partial charge in [-0.2, -0.15) is 0 Å². The van der Waals surface area contributed by atoms with Crippen LogP contribution in [0.1, 0.15) is 71.4 Å². The molecule has 53 heavy (non-hydrogen) atoms. The van der Waals surface area contributed by atoms with Gasteiger partial charge in [0, 0.05) is 35.0 Å². The number of ether oxygens (including phenoxy) is 4. The number of hydrogen-bond donors (Lipinski definition) is 0. The predicted octanol–water partition coefficient (Wildman–Crippen LogP) is 10.5. The molecule has 0 amide bonds. The SMILES string of the molecule is COc1ccc(CO[C@H]2C(=O)C[C@@H]([C@]3(OCc4ccccc4)CO[C@@H]3CCO[Si](C)(C)C(C)(C)C)[C@H](Sc3ccccc3)/C=C3\CC[C@H]2C3(C)C)cc1. The number of carbonyl (C=O) groups excluding carboxylic acids is 1. The van der Waals surface area contributed by atoms with Gasteiger partial charge in [-0.1, -0.05) is 107 Å². The highest BCUT2D eigenvalue weighted by molar-refractivity contribution is 8.00. The van der Waals surface area contributed by atoms with Gasteiger partial charge in [0.15, 0.2) is 14.1 Å². The molecule has 1 aliphatic heterocycles. The summed E-state index contributed by atoms with van der Waals surface area (Å²) in [5.74, 6) is 0.873. The highest BCUT2D eigenvalue weighted by Crippen LogP contribution is 2.55. The van der Waals surface area contributed by atoms with Crippen LogP contribution in [0, 0.1) is 17.3 Å². The number of allylic oxidation sites excluding steroid dienone is 1. The van der Waals surface area contributed by atoms with Crippen LogP contribution in [-0.2, 0) is 36.6 Å². The molecule has 0 N–H and O–H groups in total. The fraction of sp³-hybridized carbons (Fsp3) is 0.533. The summed E-state index contributed by atoms with van der Waals surface area (Å²) in [4.78, 5) is 16.2. The van der Waals surface area contributed by atoms with E-state index in [0.717, 1.165) is 29.7 Å². The summed E-state index contributed by atoms with van der Waals surface area (Å²) in [6, 6.07) is 28.9. The van der Waals surface area contributed by atoms with E-state index >= 15 is 4.79 Å². The maximum atomic E-state index is 15.1. The van der Waals surface area contributed by atoms with Gasteiger partial charge in [0.05, 0.1) is 33.0 Å². The average Bonchev–Trinajstić information content (AvgIpc) is 3.42. The van der Waals surface area contributed by atoms with Crippen LogP contribution in [-0.4, -0.2) is 57.5 Å². The molecule has 6 nitrogen and oxygen atoms in total. The van der Waals surface area contributed by atoms with Gasteiger partial charge in [0.25, 0.3) is 0 Å². The van der Waals surface area contributed by atoms with Crippen molar-refractivity contribution < 1.29 is 28.2 Å². The van der Waals surface area contributed by atoms with Crippen molar-refractivity contribution in [3.63, 3.8) is 0 Å². The molecule has 8 heteroatoms. The minimum Gasteiger partial charge on any atom is -0.497 e. The Kier molecular flexibility index (Phi) is 12.5. The van der Waals surface area contributed by atoms with Crippen molar-refractivity contribution in [2.75, 3.05) is 20.3 Å². The standard InChI is InChI=1S/C45H60O6SSi/c1-43(2,3)53(7,8)51-26-25-41-45(31-49-41,50-30-32-15-11-9-12-16-32)38-28-39(46)42(48-29-33-19-22-35(47-6)23-20-33)37-24-21-34(44(37,4)5)27-40(38)52-36-17-13-10-14-18-36/h9-20,22-23,27,37-38,40-42H,21,24-26,28-31H2,1-8H3/b34-27+/t37-,38-,40-,41-,42-,45-/m1/s1. The number of carbonyl (C=O) groups is 1. The topological polar surface area (TPSA) is 63.2 Å². The quantitative estimate of drug-likeness (QED) is 0.120. The van der Waals surface area contributed by atoms with E-state index in [-0.39, 0.29) is 39.4 Å². The zero-order chi connectivity index (χ0) is 37.9. The number of benzene rings is 3. The molecule has 6 atom stereocenters. The van der Waals surface area contributed by atoms with Crippen LogP contribution in [0.2, 0.25) is 18.1 Å². The van der Waals surface area contributed by atoms with Crippen molar-refractivity contribution in [1.82, 2.24) is 0 Å². The molecule has 2 aliphatic carbocycles. The lowest BCUT2D eigenvalue weighted by molar-refractivity contribution is -0.291. The second kappa shape index (κ2) is 16.6. The molecule has 1 saturated heterocycles. The molecular weight excluding hydrogens is 697 g/mol. The van der Waals surface area contributed by atoms with Crippen molar-refractivity contribution in [2.24, 2.45) is 17.3 Å². The van der Waals surface area contributed by atoms with Crippen LogP contribution in [0.25, 0.3) is 0 Å². The fourth-order valence-electron chi connectivity index (χ4n) is 8.10. The molecule has 2 fully saturated rings. The van der Waals surface area contributed by atoms with Crippen molar-refractivity contribution >= 4 is 25.9 Å². The second-order valence-corrected chi connectivity index (χ2v) is 23.3. The number of ketones is 1. The largest absolute Gasteiger partial charge is 0.497 e. The van der Waals surface area contributed by atoms with Gasteiger partial charge in [-0.25, -0.2) is 0 Å². The molecule has 1 saturated carbocycles. The molecule has 3 aliphatic rings. The van der Waals surface area contributed by atoms with E-state index in [1.165, 1.54) is 10.5 Å². The molecule has 3 aromatic carbocycles. The molecule has 0 unspecified atom stereocenters. The third kappa shape index (κ3) is 8.89. The van der Waals surface area contributed by atoms with E-state index in [4.69, 9.17) is 23.4 Å². The maximum Gasteiger partial charge on any atom is 0.191 e. The third-order valence-electron chi connectivity index (χ3n) is 12.6. The van der Waals surface area contributed by atoms with Crippen LogP contribution in [0.3, 0.4) is 0 Å². The van der Waals surface area contributed by atoms with E-state index in [2.05, 4.69) is 108 Å². The van der Waals surface area contributed by atoms with E-state index in [9.17, 15) is 0 Å². The summed E-state index contributed by atoms with van der Waals surface area (Å²) >= 11 is 1.85. The molecule has 286 valence electrons. The number of rotatable bonds is 14. The van der Waals surface area contributed by atoms with E-state index in [0.29, 0.717) is 39.3 Å². The third-order valence-corrected chi connectivity index (χ3v) is 18.5. The monoisotopic (exact) mass is 756 g/mol. The number of methoxy groups -OCH3 is 1. The molecular formula is C45H60O6SSi. The Bertz CT molecular complexity index is 1690. The minimum atomic E-state index is -1.98. The van der Waals surface area contributed by atoms with Crippen LogP contribution >= 0.6 is 11.8 Å². The lowest BCUT2D eigenvalue weighted by Gasteiger charge is -2.55. The average molecular weight is 757 g/mol. The van der Waals surface area contributed by atoms with Crippen molar-refractivity contribution in [1.29, 1.82) is 0 Å². The van der Waals surface area contributed by atoms with Gasteiger partial charge in [0.1, 0.15) is 17.5 Å². The summed E-state index contributed by atoms with van der Waals surface area (Å²) in [5.41, 5.74) is 2.65. The summed E-state index contributed by atoms with van der Waals surface area (Å²) in [5, 5.41) is 0.0907. The molecule has 6 rings (SSSR count). The normalized spacial score (nSPS) is 28.3. The van der Waals surface area contributed by atoms with Crippen LogP contribution in [0.5, 0.6) is 5.75 Å². The Hall–Kier alpha value is -2.72. The van der Waals surface area contributed by atoms with Gasteiger partial charge in [-0.3, -0.25) is 4.79 Å². The lowest BCUT2D eigenvalue weighted by atomic mass is 9.72. The molecule has 0 spiro atoms. The zero-order valence-electron chi connectivity index (χ0n) is 33.1. The Morgan fingerprint density at radius 2 is 1.55 bits per heavy atom. The molecule has 3 aromatic rings. The molecule has 2 bridgehead atoms. The molecule has 0 aromatic heterocycles. The van der Waals surface area contributed by atoms with Crippen LogP contribution in [0.4, 0.5) is 0 Å². The number of fused-ring (bicyclic) bond motifs is 2. The smallest absolute Gasteiger partial charge is 0.191 e. The van der Waals surface area contributed by atoms with Crippen LogP contribution < -0.4 is 4.74 Å². The summed E-state index contributed by atoms with van der Waals surface area (Å²) in [6.45, 7) is 17.9. The lowest BCUT2D eigenvalue weighted by Crippen LogP contribution is -2.67. The van der Waals surface area contributed by atoms with Crippen LogP contribution in [0.15, 0.2) is 101 Å². The van der Waals surface area contributed by atoms with Gasteiger partial charge >= 0.3 is 0 Å². The van der Waals surface area contributed by atoms with E-state index in [1.807, 2.05) is 42.1 Å².